The highest BCUT2D eigenvalue weighted by Crippen LogP contribution is 2.23. The lowest BCUT2D eigenvalue weighted by Crippen LogP contribution is -2.40. The highest BCUT2D eigenvalue weighted by molar-refractivity contribution is 5.68. The highest BCUT2D eigenvalue weighted by Gasteiger charge is 2.27. The van der Waals surface area contributed by atoms with E-state index in [0.717, 1.165) is 13.0 Å². The van der Waals surface area contributed by atoms with Crippen molar-refractivity contribution >= 4 is 11.9 Å². The fourth-order valence-corrected chi connectivity index (χ4v) is 2.87. The Kier molecular flexibility index (Phi) is 5.06. The molecule has 1 amide bonds. The maximum Gasteiger partial charge on any atom is 0.407 e. The lowest BCUT2D eigenvalue weighted by atomic mass is 10.1. The smallest absolute Gasteiger partial charge is 0.407 e. The van der Waals surface area contributed by atoms with Crippen LogP contribution in [0.3, 0.4) is 0 Å². The van der Waals surface area contributed by atoms with E-state index in [1.54, 1.807) is 24.3 Å². The number of hydrogen-bond acceptors (Lipinski definition) is 5. The zero-order chi connectivity index (χ0) is 18.7. The van der Waals surface area contributed by atoms with Crippen molar-refractivity contribution in [1.29, 1.82) is 0 Å². The zero-order valence-electron chi connectivity index (χ0n) is 15.2. The van der Waals surface area contributed by atoms with Crippen LogP contribution in [0, 0.1) is 5.82 Å². The molecular weight excluding hydrogens is 335 g/mol. The molecule has 1 aliphatic heterocycles. The first-order chi connectivity index (χ1) is 12.3. The number of nitrogens with one attached hydrogen (secondary N) is 1. The summed E-state index contributed by atoms with van der Waals surface area (Å²) in [5.41, 5.74) is 0.406. The molecule has 0 saturated carbocycles. The molecule has 2 heterocycles. The van der Waals surface area contributed by atoms with Gasteiger partial charge in [-0.3, -0.25) is 0 Å². The van der Waals surface area contributed by atoms with Crippen molar-refractivity contribution in [3.8, 4) is 11.3 Å². The van der Waals surface area contributed by atoms with E-state index >= 15 is 0 Å². The number of carbonyl (C=O) groups is 1. The number of nitrogens with zero attached hydrogens (tertiary/aromatic N) is 3. The van der Waals surface area contributed by atoms with Crippen LogP contribution in [0.15, 0.2) is 36.4 Å². The number of alkyl carbamates (subject to hydrolysis) is 1. The van der Waals surface area contributed by atoms with Crippen LogP contribution in [-0.4, -0.2) is 41.0 Å². The van der Waals surface area contributed by atoms with Gasteiger partial charge in [-0.05, 0) is 51.5 Å². The third-order valence-corrected chi connectivity index (χ3v) is 4.03. The van der Waals surface area contributed by atoms with E-state index in [2.05, 4.69) is 15.5 Å². The van der Waals surface area contributed by atoms with Crippen molar-refractivity contribution in [2.75, 3.05) is 18.0 Å². The van der Waals surface area contributed by atoms with Crippen LogP contribution in [-0.2, 0) is 4.74 Å². The number of carbonyl (C=O) groups excluding carboxylic acids is 1. The van der Waals surface area contributed by atoms with Gasteiger partial charge in [-0.1, -0.05) is 12.1 Å². The number of hydrogen-bond donors (Lipinski definition) is 1. The maximum atomic E-state index is 13.8. The van der Waals surface area contributed by atoms with Gasteiger partial charge in [0.15, 0.2) is 5.82 Å². The second-order valence-corrected chi connectivity index (χ2v) is 7.33. The Balaban J connectivity index is 1.61. The molecule has 6 nitrogen and oxygen atoms in total. The molecule has 0 radical (unpaired) electrons. The van der Waals surface area contributed by atoms with Gasteiger partial charge in [0.1, 0.15) is 11.4 Å². The van der Waals surface area contributed by atoms with Gasteiger partial charge in [-0.15, -0.1) is 10.2 Å². The zero-order valence-corrected chi connectivity index (χ0v) is 15.2. The van der Waals surface area contributed by atoms with Crippen molar-refractivity contribution in [2.24, 2.45) is 0 Å². The maximum absolute atomic E-state index is 13.8. The number of amides is 1. The molecule has 2 aromatic rings. The normalized spacial score (nSPS) is 17.2. The molecule has 1 fully saturated rings. The summed E-state index contributed by atoms with van der Waals surface area (Å²) in [5, 5.41) is 11.2. The van der Waals surface area contributed by atoms with Crippen molar-refractivity contribution < 1.29 is 13.9 Å². The first-order valence-corrected chi connectivity index (χ1v) is 8.65. The molecule has 138 valence electrons. The van der Waals surface area contributed by atoms with E-state index in [1.807, 2.05) is 31.7 Å². The Morgan fingerprint density at radius 1 is 1.23 bits per heavy atom. The fourth-order valence-electron chi connectivity index (χ4n) is 2.87. The number of ether oxygens (including phenoxy) is 1. The van der Waals surface area contributed by atoms with E-state index in [9.17, 15) is 9.18 Å². The minimum Gasteiger partial charge on any atom is -0.444 e. The van der Waals surface area contributed by atoms with E-state index in [-0.39, 0.29) is 11.9 Å². The Hall–Kier alpha value is -2.70. The molecule has 0 bridgehead atoms. The lowest BCUT2D eigenvalue weighted by Gasteiger charge is -2.22. The van der Waals surface area contributed by atoms with Gasteiger partial charge in [0, 0.05) is 18.7 Å². The first kappa shape index (κ1) is 18.1. The molecule has 1 aliphatic rings. The number of rotatable bonds is 3. The largest absolute Gasteiger partial charge is 0.444 e. The Morgan fingerprint density at radius 3 is 2.65 bits per heavy atom. The van der Waals surface area contributed by atoms with Crippen LogP contribution in [0.2, 0.25) is 0 Å². The molecule has 1 atom stereocenters. The number of anilines is 1. The van der Waals surface area contributed by atoms with Crippen molar-refractivity contribution in [2.45, 2.75) is 38.8 Å². The van der Waals surface area contributed by atoms with Gasteiger partial charge in [-0.25, -0.2) is 9.18 Å². The molecule has 0 unspecified atom stereocenters. The second kappa shape index (κ2) is 7.27. The summed E-state index contributed by atoms with van der Waals surface area (Å²) in [6.45, 7) is 6.89. The van der Waals surface area contributed by atoms with Gasteiger partial charge in [-0.2, -0.15) is 0 Å². The topological polar surface area (TPSA) is 67.3 Å². The minimum atomic E-state index is -0.517. The first-order valence-electron chi connectivity index (χ1n) is 8.65. The summed E-state index contributed by atoms with van der Waals surface area (Å²) in [5.74, 6) is 0.385. The van der Waals surface area contributed by atoms with Gasteiger partial charge in [0.2, 0.25) is 0 Å². The standard InChI is InChI=1S/C19H23FN4O2/c1-19(2,3)26-18(25)21-13-10-11-24(12-13)17-9-8-16(22-23-17)14-6-4-5-7-15(14)20/h4-9,13H,10-12H2,1-3H3,(H,21,25)/t13-/m0/s1. The van der Waals surface area contributed by atoms with Gasteiger partial charge in [0.25, 0.3) is 0 Å². The second-order valence-electron chi connectivity index (χ2n) is 7.33. The van der Waals surface area contributed by atoms with E-state index in [4.69, 9.17) is 4.74 Å². The summed E-state index contributed by atoms with van der Waals surface area (Å²) in [6.07, 6.45) is 0.390. The summed E-state index contributed by atoms with van der Waals surface area (Å²) in [7, 11) is 0. The van der Waals surface area contributed by atoms with Crippen LogP contribution in [0.5, 0.6) is 0 Å². The van der Waals surface area contributed by atoms with Crippen LogP contribution in [0.25, 0.3) is 11.3 Å². The average Bonchev–Trinajstić information content (AvgIpc) is 3.02. The summed E-state index contributed by atoms with van der Waals surface area (Å²) >= 11 is 0. The van der Waals surface area contributed by atoms with E-state index in [0.29, 0.717) is 23.6 Å². The number of halogens is 1. The van der Waals surface area contributed by atoms with Crippen LogP contribution < -0.4 is 10.2 Å². The molecule has 1 saturated heterocycles. The van der Waals surface area contributed by atoms with Crippen LogP contribution in [0.1, 0.15) is 27.2 Å². The average molecular weight is 358 g/mol. The number of benzene rings is 1. The Bertz CT molecular complexity index is 774. The molecule has 26 heavy (non-hydrogen) atoms. The predicted molar refractivity (Wildman–Crippen MR) is 97.4 cm³/mol. The summed E-state index contributed by atoms with van der Waals surface area (Å²) in [6, 6.07) is 10.1. The number of aromatic nitrogens is 2. The van der Waals surface area contributed by atoms with Crippen molar-refractivity contribution in [3.63, 3.8) is 0 Å². The van der Waals surface area contributed by atoms with Crippen molar-refractivity contribution in [3.05, 3.63) is 42.2 Å². The molecule has 0 spiro atoms. The summed E-state index contributed by atoms with van der Waals surface area (Å²) < 4.78 is 19.1. The molecule has 1 aromatic heterocycles. The molecule has 3 rings (SSSR count). The lowest BCUT2D eigenvalue weighted by molar-refractivity contribution is 0.0509. The quantitative estimate of drug-likeness (QED) is 0.911. The third kappa shape index (κ3) is 4.47. The predicted octanol–water partition coefficient (Wildman–Crippen LogP) is 3.39. The monoisotopic (exact) mass is 358 g/mol. The van der Waals surface area contributed by atoms with Crippen LogP contribution >= 0.6 is 0 Å². The van der Waals surface area contributed by atoms with Crippen LogP contribution in [0.4, 0.5) is 15.0 Å². The van der Waals surface area contributed by atoms with Gasteiger partial charge < -0.3 is 15.0 Å². The molecule has 1 N–H and O–H groups in total. The Morgan fingerprint density at radius 2 is 2.00 bits per heavy atom. The van der Waals surface area contributed by atoms with Gasteiger partial charge in [0.05, 0.1) is 11.7 Å². The molecular formula is C19H23FN4O2. The fraction of sp³-hybridized carbons (Fsp3) is 0.421. The van der Waals surface area contributed by atoms with Gasteiger partial charge >= 0.3 is 6.09 Å². The third-order valence-electron chi connectivity index (χ3n) is 4.03. The molecule has 1 aromatic carbocycles. The SMILES string of the molecule is CC(C)(C)OC(=O)N[C@H]1CCN(c2ccc(-c3ccccc3F)nn2)C1. The minimum absolute atomic E-state index is 0.00195. The molecule has 7 heteroatoms. The molecule has 0 aliphatic carbocycles. The van der Waals surface area contributed by atoms with E-state index < -0.39 is 11.7 Å². The van der Waals surface area contributed by atoms with Crippen molar-refractivity contribution in [1.82, 2.24) is 15.5 Å². The summed E-state index contributed by atoms with van der Waals surface area (Å²) in [4.78, 5) is 13.9. The van der Waals surface area contributed by atoms with E-state index in [1.165, 1.54) is 6.07 Å². The highest BCUT2D eigenvalue weighted by atomic mass is 19.1. The Labute approximate surface area is 152 Å².